The van der Waals surface area contributed by atoms with Gasteiger partial charge in [0.25, 0.3) is 0 Å². The van der Waals surface area contributed by atoms with Crippen molar-refractivity contribution in [2.24, 2.45) is 5.92 Å². The van der Waals surface area contributed by atoms with Gasteiger partial charge in [0.05, 0.1) is 16.6 Å². The van der Waals surface area contributed by atoms with Crippen LogP contribution in [0.1, 0.15) is 34.1 Å². The van der Waals surface area contributed by atoms with Crippen LogP contribution in [-0.4, -0.2) is 30.9 Å². The highest BCUT2D eigenvalue weighted by molar-refractivity contribution is 8.19. The minimum absolute atomic E-state index is 0.121. The monoisotopic (exact) mass is 239 g/mol. The summed E-state index contributed by atoms with van der Waals surface area (Å²) in [7, 11) is -3.57. The van der Waals surface area contributed by atoms with Crippen molar-refractivity contribution in [1.82, 2.24) is 5.32 Å². The van der Waals surface area contributed by atoms with E-state index in [1.165, 1.54) is 0 Å². The van der Waals surface area contributed by atoms with Crippen molar-refractivity contribution in [1.29, 1.82) is 0 Å². The third kappa shape index (κ3) is 6.72. The molecule has 0 saturated carbocycles. The average Bonchev–Trinajstić information content (AvgIpc) is 1.96. The van der Waals surface area contributed by atoms with E-state index in [1.54, 1.807) is 20.8 Å². The molecule has 0 aromatic rings. The Bertz CT molecular complexity index is 225. The summed E-state index contributed by atoms with van der Waals surface area (Å²) >= 11 is 0. The van der Waals surface area contributed by atoms with Crippen molar-refractivity contribution >= 4 is 16.8 Å². The molecule has 0 radical (unpaired) electrons. The summed E-state index contributed by atoms with van der Waals surface area (Å²) in [4.78, 5) is 11.5. The van der Waals surface area contributed by atoms with Crippen LogP contribution in [0.4, 0.5) is 0 Å². The third-order valence-corrected chi connectivity index (χ3v) is 3.19. The summed E-state index contributed by atoms with van der Waals surface area (Å²) in [5, 5.41) is 2.67. The summed E-state index contributed by atoms with van der Waals surface area (Å²) in [6, 6.07) is 0. The molecular weight excluding hydrogens is 218 g/mol. The molecule has 0 heterocycles. The van der Waals surface area contributed by atoms with Crippen LogP contribution in [0.25, 0.3) is 0 Å². The zero-order chi connectivity index (χ0) is 12.3. The lowest BCUT2D eigenvalue weighted by Crippen LogP contribution is -2.49. The zero-order valence-corrected chi connectivity index (χ0v) is 10.5. The Balaban J connectivity index is 4.32. The second-order valence-electron chi connectivity index (χ2n) is 4.46. The Morgan fingerprint density at radius 3 is 2.20 bits per heavy atom. The van der Waals surface area contributed by atoms with E-state index in [2.05, 4.69) is 5.32 Å². The Morgan fingerprint density at radius 1 is 1.40 bits per heavy atom. The van der Waals surface area contributed by atoms with Crippen LogP contribution in [0.5, 0.6) is 0 Å². The molecule has 92 valence electrons. The summed E-state index contributed by atoms with van der Waals surface area (Å²) < 4.78 is 26.7. The van der Waals surface area contributed by atoms with Crippen LogP contribution < -0.4 is 5.32 Å². The average molecular weight is 239 g/mol. The predicted molar refractivity (Wildman–Crippen MR) is 62.0 cm³/mol. The molecule has 15 heavy (non-hydrogen) atoms. The summed E-state index contributed by atoms with van der Waals surface area (Å²) in [6.45, 7) is 6.97. The summed E-state index contributed by atoms with van der Waals surface area (Å²) in [5.74, 6) is -0.529. The normalized spacial score (nSPS) is 15.9. The number of amides is 1. The molecule has 4 N–H and O–H groups in total. The fraction of sp³-hybridized carbons (Fsp3) is 0.889. The van der Waals surface area contributed by atoms with E-state index in [0.717, 1.165) is 6.42 Å². The molecule has 0 rings (SSSR count). The molecule has 0 bridgehead atoms. The minimum atomic E-state index is -3.57. The lowest BCUT2D eigenvalue weighted by molar-refractivity contribution is -0.125. The number of hydrogen-bond acceptors (Lipinski definition) is 4. The number of hydrogen-bond donors (Lipinski definition) is 4. The van der Waals surface area contributed by atoms with Crippen molar-refractivity contribution in [3.63, 3.8) is 0 Å². The van der Waals surface area contributed by atoms with E-state index in [9.17, 15) is 4.79 Å². The third-order valence-electron chi connectivity index (χ3n) is 2.08. The van der Waals surface area contributed by atoms with Gasteiger partial charge in [-0.25, -0.2) is 0 Å². The van der Waals surface area contributed by atoms with Gasteiger partial charge in [-0.05, 0) is 20.3 Å². The first kappa shape index (κ1) is 14.7. The van der Waals surface area contributed by atoms with Gasteiger partial charge in [0.1, 0.15) is 0 Å². The van der Waals surface area contributed by atoms with Crippen LogP contribution in [0.3, 0.4) is 0 Å². The topological polar surface area (TPSA) is 89.8 Å². The summed E-state index contributed by atoms with van der Waals surface area (Å²) in [6.07, 6.45) is 0.720. The lowest BCUT2D eigenvalue weighted by Gasteiger charge is -2.33. The lowest BCUT2D eigenvalue weighted by atomic mass is 10.0. The molecule has 1 amide bonds. The maximum Gasteiger partial charge on any atom is 0.223 e. The standard InChI is InChI=1S/C9H21NO4S/c1-5-7(2)8(11)10-9(3,4)6-15(12,13)14/h7,12-14H,5-6H2,1-4H3,(H,10,11). The Labute approximate surface area is 92.4 Å². The fourth-order valence-corrected chi connectivity index (χ4v) is 2.20. The van der Waals surface area contributed by atoms with Crippen molar-refractivity contribution in [3.05, 3.63) is 0 Å². The predicted octanol–water partition coefficient (Wildman–Crippen LogP) is 2.15. The maximum absolute atomic E-state index is 11.5. The first-order chi connectivity index (χ1) is 6.57. The number of carbonyl (C=O) groups is 1. The molecule has 6 heteroatoms. The van der Waals surface area contributed by atoms with Gasteiger partial charge >= 0.3 is 0 Å². The molecule has 0 aliphatic heterocycles. The van der Waals surface area contributed by atoms with E-state index >= 15 is 0 Å². The van der Waals surface area contributed by atoms with Crippen LogP contribution in [0.2, 0.25) is 0 Å². The number of nitrogens with one attached hydrogen (secondary N) is 1. The van der Waals surface area contributed by atoms with Gasteiger partial charge < -0.3 is 19.0 Å². The first-order valence-electron chi connectivity index (χ1n) is 4.88. The molecule has 0 aromatic heterocycles. The highest BCUT2D eigenvalue weighted by atomic mass is 32.3. The number of carbonyl (C=O) groups excluding carboxylic acids is 1. The molecule has 1 unspecified atom stereocenters. The van der Waals surface area contributed by atoms with E-state index in [0.29, 0.717) is 0 Å². The second-order valence-corrected chi connectivity index (χ2v) is 6.01. The van der Waals surface area contributed by atoms with Crippen molar-refractivity contribution in [2.45, 2.75) is 39.7 Å². The molecule has 0 fully saturated rings. The molecule has 0 saturated heterocycles. The molecule has 0 aliphatic carbocycles. The van der Waals surface area contributed by atoms with Crippen LogP contribution in [0.15, 0.2) is 0 Å². The van der Waals surface area contributed by atoms with Gasteiger partial charge in [0.2, 0.25) is 5.91 Å². The quantitative estimate of drug-likeness (QED) is 0.591. The van der Waals surface area contributed by atoms with Crippen LogP contribution in [-0.2, 0) is 4.79 Å². The maximum atomic E-state index is 11.5. The first-order valence-corrected chi connectivity index (χ1v) is 6.55. The molecular formula is C9H21NO4S. The minimum Gasteiger partial charge on any atom is -0.350 e. The molecule has 1 atom stereocenters. The largest absolute Gasteiger partial charge is 0.350 e. The fourth-order valence-electron chi connectivity index (χ4n) is 1.16. The van der Waals surface area contributed by atoms with Crippen LogP contribution in [0, 0.1) is 5.92 Å². The molecule has 5 nitrogen and oxygen atoms in total. The van der Waals surface area contributed by atoms with Crippen LogP contribution >= 0.6 is 10.9 Å². The van der Waals surface area contributed by atoms with Gasteiger partial charge in [0, 0.05) is 11.5 Å². The Kier molecular flexibility index (Phi) is 5.05. The SMILES string of the molecule is CCC(C)C(=O)NC(C)(C)CS(O)(O)O. The second kappa shape index (κ2) is 5.16. The number of rotatable bonds is 5. The van der Waals surface area contributed by atoms with Gasteiger partial charge in [0.15, 0.2) is 0 Å². The van der Waals surface area contributed by atoms with Crippen molar-refractivity contribution in [3.8, 4) is 0 Å². The van der Waals surface area contributed by atoms with E-state index in [4.69, 9.17) is 13.7 Å². The molecule has 0 spiro atoms. The van der Waals surface area contributed by atoms with E-state index in [-0.39, 0.29) is 17.6 Å². The highest BCUT2D eigenvalue weighted by Crippen LogP contribution is 2.36. The van der Waals surface area contributed by atoms with Gasteiger partial charge in [-0.3, -0.25) is 4.79 Å². The van der Waals surface area contributed by atoms with E-state index in [1.807, 2.05) is 6.92 Å². The van der Waals surface area contributed by atoms with E-state index < -0.39 is 16.4 Å². The zero-order valence-electron chi connectivity index (χ0n) is 9.65. The summed E-state index contributed by atoms with van der Waals surface area (Å²) in [5.41, 5.74) is -0.825. The Hall–Kier alpha value is -0.300. The van der Waals surface area contributed by atoms with Gasteiger partial charge in [-0.1, -0.05) is 13.8 Å². The van der Waals surface area contributed by atoms with Crippen molar-refractivity contribution in [2.75, 3.05) is 5.75 Å². The van der Waals surface area contributed by atoms with Gasteiger partial charge in [-0.15, -0.1) is 0 Å². The Morgan fingerprint density at radius 2 is 1.87 bits per heavy atom. The van der Waals surface area contributed by atoms with Crippen molar-refractivity contribution < 1.29 is 18.5 Å². The molecule has 0 aliphatic rings. The highest BCUT2D eigenvalue weighted by Gasteiger charge is 2.29. The molecule has 0 aromatic carbocycles. The smallest absolute Gasteiger partial charge is 0.223 e. The van der Waals surface area contributed by atoms with Gasteiger partial charge in [-0.2, -0.15) is 0 Å².